The quantitative estimate of drug-likeness (QED) is 0.473. The Balaban J connectivity index is 2.83. The molecule has 2 aromatic carbocycles. The van der Waals surface area contributed by atoms with Crippen LogP contribution in [-0.4, -0.2) is 0 Å². The molecule has 0 saturated heterocycles. The molecule has 2 rings (SSSR count). The Kier molecular flexibility index (Phi) is 1.68. The lowest BCUT2D eigenvalue weighted by Crippen LogP contribution is -1.89. The van der Waals surface area contributed by atoms with Crippen LogP contribution in [0, 0.1) is 12.3 Å². The lowest BCUT2D eigenvalue weighted by atomic mass is 10.1. The van der Waals surface area contributed by atoms with Crippen LogP contribution in [0.3, 0.4) is 0 Å². The molecular formula is C12H9N. The molecule has 1 heteroatoms. The Hall–Kier alpha value is -1.94. The van der Waals surface area contributed by atoms with Gasteiger partial charge < -0.3 is 5.73 Å². The molecule has 0 atom stereocenters. The molecule has 0 unspecified atom stereocenters. The normalized spacial score (nSPS) is 9.77. The molecule has 62 valence electrons. The monoisotopic (exact) mass is 167 g/mol. The number of nitrogen functional groups attached to an aromatic ring is 1. The maximum atomic E-state index is 5.75. The number of rotatable bonds is 0. The van der Waals surface area contributed by atoms with Gasteiger partial charge in [-0.25, -0.2) is 0 Å². The molecule has 0 saturated carbocycles. The molecular weight excluding hydrogens is 158 g/mol. The number of fused-ring (bicyclic) bond motifs is 1. The van der Waals surface area contributed by atoms with Crippen molar-refractivity contribution >= 4 is 16.5 Å². The molecule has 0 aliphatic heterocycles. The van der Waals surface area contributed by atoms with Crippen LogP contribution in [0.15, 0.2) is 36.4 Å². The molecule has 13 heavy (non-hydrogen) atoms. The Morgan fingerprint density at radius 2 is 1.69 bits per heavy atom. The van der Waals surface area contributed by atoms with Crippen molar-refractivity contribution in [2.45, 2.75) is 0 Å². The van der Waals surface area contributed by atoms with Gasteiger partial charge in [0.05, 0.1) is 0 Å². The largest absolute Gasteiger partial charge is 0.398 e. The second-order valence-corrected chi connectivity index (χ2v) is 2.93. The highest BCUT2D eigenvalue weighted by Gasteiger charge is 1.98. The lowest BCUT2D eigenvalue weighted by Gasteiger charge is -2.01. The molecule has 0 aromatic heterocycles. The van der Waals surface area contributed by atoms with E-state index in [1.807, 2.05) is 36.4 Å². The zero-order valence-corrected chi connectivity index (χ0v) is 7.12. The van der Waals surface area contributed by atoms with Gasteiger partial charge in [-0.3, -0.25) is 0 Å². The van der Waals surface area contributed by atoms with E-state index in [1.54, 1.807) is 0 Å². The SMILES string of the molecule is C#Cc1cc2ccccc2cc1N. The van der Waals surface area contributed by atoms with E-state index in [4.69, 9.17) is 12.2 Å². The van der Waals surface area contributed by atoms with Crippen molar-refractivity contribution in [1.82, 2.24) is 0 Å². The smallest absolute Gasteiger partial charge is 0.0479 e. The summed E-state index contributed by atoms with van der Waals surface area (Å²) in [5.41, 5.74) is 7.19. The summed E-state index contributed by atoms with van der Waals surface area (Å²) in [4.78, 5) is 0. The van der Waals surface area contributed by atoms with Crippen LogP contribution in [0.1, 0.15) is 5.56 Å². The lowest BCUT2D eigenvalue weighted by molar-refractivity contribution is 1.67. The topological polar surface area (TPSA) is 26.0 Å². The van der Waals surface area contributed by atoms with Crippen LogP contribution in [-0.2, 0) is 0 Å². The highest BCUT2D eigenvalue weighted by molar-refractivity contribution is 5.87. The molecule has 0 fully saturated rings. The minimum absolute atomic E-state index is 0.668. The van der Waals surface area contributed by atoms with Gasteiger partial charge >= 0.3 is 0 Å². The first-order chi connectivity index (χ1) is 6.31. The molecule has 0 amide bonds. The van der Waals surface area contributed by atoms with Crippen LogP contribution in [0.25, 0.3) is 10.8 Å². The highest BCUT2D eigenvalue weighted by Crippen LogP contribution is 2.20. The molecule has 0 bridgehead atoms. The number of hydrogen-bond donors (Lipinski definition) is 1. The Morgan fingerprint density at radius 3 is 2.31 bits per heavy atom. The van der Waals surface area contributed by atoms with E-state index in [0.717, 1.165) is 16.3 Å². The first-order valence-electron chi connectivity index (χ1n) is 4.06. The predicted octanol–water partition coefficient (Wildman–Crippen LogP) is 2.40. The van der Waals surface area contributed by atoms with Crippen molar-refractivity contribution in [3.8, 4) is 12.3 Å². The third-order valence-corrected chi connectivity index (χ3v) is 2.07. The first kappa shape index (κ1) is 7.70. The molecule has 0 aliphatic rings. The van der Waals surface area contributed by atoms with E-state index < -0.39 is 0 Å². The van der Waals surface area contributed by atoms with E-state index >= 15 is 0 Å². The number of benzene rings is 2. The summed E-state index contributed by atoms with van der Waals surface area (Å²) >= 11 is 0. The van der Waals surface area contributed by atoms with Gasteiger partial charge in [0.15, 0.2) is 0 Å². The fourth-order valence-corrected chi connectivity index (χ4v) is 1.38. The number of hydrogen-bond acceptors (Lipinski definition) is 1. The summed E-state index contributed by atoms with van der Waals surface area (Å²) in [5, 5.41) is 2.25. The van der Waals surface area contributed by atoms with Gasteiger partial charge in [0, 0.05) is 11.3 Å². The molecule has 0 radical (unpaired) electrons. The fraction of sp³-hybridized carbons (Fsp3) is 0. The summed E-state index contributed by atoms with van der Waals surface area (Å²) in [6.45, 7) is 0. The second-order valence-electron chi connectivity index (χ2n) is 2.93. The maximum absolute atomic E-state index is 5.75. The van der Waals surface area contributed by atoms with Crippen molar-refractivity contribution in [1.29, 1.82) is 0 Å². The zero-order valence-electron chi connectivity index (χ0n) is 7.12. The predicted molar refractivity (Wildman–Crippen MR) is 56.3 cm³/mol. The van der Waals surface area contributed by atoms with E-state index in [2.05, 4.69) is 5.92 Å². The Labute approximate surface area is 77.2 Å². The fourth-order valence-electron chi connectivity index (χ4n) is 1.38. The first-order valence-corrected chi connectivity index (χ1v) is 4.06. The van der Waals surface area contributed by atoms with Crippen molar-refractivity contribution in [3.05, 3.63) is 42.0 Å². The van der Waals surface area contributed by atoms with E-state index in [0.29, 0.717) is 5.69 Å². The minimum Gasteiger partial charge on any atom is -0.398 e. The average Bonchev–Trinajstić information content (AvgIpc) is 2.17. The minimum atomic E-state index is 0.668. The van der Waals surface area contributed by atoms with Gasteiger partial charge in [0.2, 0.25) is 0 Å². The highest BCUT2D eigenvalue weighted by atomic mass is 14.6. The van der Waals surface area contributed by atoms with Crippen LogP contribution < -0.4 is 5.73 Å². The van der Waals surface area contributed by atoms with Crippen molar-refractivity contribution in [2.24, 2.45) is 0 Å². The summed E-state index contributed by atoms with van der Waals surface area (Å²) in [6.07, 6.45) is 5.31. The number of terminal acetylenes is 1. The maximum Gasteiger partial charge on any atom is 0.0479 e. The molecule has 2 N–H and O–H groups in total. The summed E-state index contributed by atoms with van der Waals surface area (Å²) < 4.78 is 0. The third-order valence-electron chi connectivity index (χ3n) is 2.07. The molecule has 0 spiro atoms. The Bertz CT molecular complexity index is 492. The van der Waals surface area contributed by atoms with Crippen LogP contribution in [0.4, 0.5) is 5.69 Å². The van der Waals surface area contributed by atoms with Gasteiger partial charge in [0.25, 0.3) is 0 Å². The van der Waals surface area contributed by atoms with E-state index in [-0.39, 0.29) is 0 Å². The van der Waals surface area contributed by atoms with E-state index in [9.17, 15) is 0 Å². The number of nitrogens with two attached hydrogens (primary N) is 1. The van der Waals surface area contributed by atoms with E-state index in [1.165, 1.54) is 0 Å². The molecule has 0 aliphatic carbocycles. The third kappa shape index (κ3) is 1.23. The van der Waals surface area contributed by atoms with Crippen LogP contribution in [0.2, 0.25) is 0 Å². The summed E-state index contributed by atoms with van der Waals surface area (Å²) in [6, 6.07) is 11.9. The Morgan fingerprint density at radius 1 is 1.08 bits per heavy atom. The zero-order chi connectivity index (χ0) is 9.26. The van der Waals surface area contributed by atoms with Gasteiger partial charge in [0.1, 0.15) is 0 Å². The standard InChI is InChI=1S/C12H9N/c1-2-9-7-10-5-3-4-6-11(10)8-12(9)13/h1,3-8H,13H2. The summed E-state index contributed by atoms with van der Waals surface area (Å²) in [5.74, 6) is 2.56. The van der Waals surface area contributed by atoms with Gasteiger partial charge in [-0.2, -0.15) is 0 Å². The number of anilines is 1. The van der Waals surface area contributed by atoms with Crippen molar-refractivity contribution < 1.29 is 0 Å². The average molecular weight is 167 g/mol. The van der Waals surface area contributed by atoms with Gasteiger partial charge in [-0.05, 0) is 22.9 Å². The van der Waals surface area contributed by atoms with Crippen LogP contribution in [0.5, 0.6) is 0 Å². The van der Waals surface area contributed by atoms with Gasteiger partial charge in [-0.1, -0.05) is 30.2 Å². The summed E-state index contributed by atoms with van der Waals surface area (Å²) in [7, 11) is 0. The van der Waals surface area contributed by atoms with Gasteiger partial charge in [-0.15, -0.1) is 6.42 Å². The van der Waals surface area contributed by atoms with Crippen LogP contribution >= 0.6 is 0 Å². The van der Waals surface area contributed by atoms with Crippen molar-refractivity contribution in [3.63, 3.8) is 0 Å². The van der Waals surface area contributed by atoms with Crippen molar-refractivity contribution in [2.75, 3.05) is 5.73 Å². The molecule has 0 heterocycles. The molecule has 2 aromatic rings. The second kappa shape index (κ2) is 2.84. The molecule has 1 nitrogen and oxygen atoms in total.